The minimum Gasteiger partial charge on any atom is -0.452 e. The number of Topliss-reactive ketones (excluding diaryl/α,β-unsaturated/α-hetero) is 1. The van der Waals surface area contributed by atoms with E-state index in [4.69, 9.17) is 13.9 Å². The number of rotatable bonds is 4. The second-order valence-corrected chi connectivity index (χ2v) is 9.47. The zero-order valence-electron chi connectivity index (χ0n) is 18.8. The first-order chi connectivity index (χ1) is 16.3. The molecule has 1 aromatic heterocycles. The largest absolute Gasteiger partial charge is 0.452 e. The second-order valence-electron chi connectivity index (χ2n) is 8.56. The third kappa shape index (κ3) is 4.17. The number of fused-ring (bicyclic) bond motifs is 2. The van der Waals surface area contributed by atoms with Crippen molar-refractivity contribution in [3.05, 3.63) is 98.9 Å². The molecule has 5 nitrogen and oxygen atoms in total. The molecule has 0 saturated carbocycles. The first-order valence-corrected chi connectivity index (χ1v) is 11.7. The number of carbonyl (C=O) groups excluding carboxylic acids is 2. The van der Waals surface area contributed by atoms with Gasteiger partial charge in [0.05, 0.1) is 5.56 Å². The predicted molar refractivity (Wildman–Crippen MR) is 134 cm³/mol. The standard InChI is InChI=1S/C28H21BrO5/c1-15(2)18-6-4-17(5-7-18)11-24-27(30)26-16(3)10-21(14-23(26)34-24)32-28(31)25-13-19-12-20(29)8-9-22(19)33-25/h4-15H,1-3H3/b24-11-. The summed E-state index contributed by atoms with van der Waals surface area (Å²) in [5.41, 5.74) is 3.83. The number of carbonyl (C=O) groups is 2. The fraction of sp³-hybridized carbons (Fsp3) is 0.143. The summed E-state index contributed by atoms with van der Waals surface area (Å²) < 4.78 is 17.9. The molecule has 0 unspecified atom stereocenters. The molecule has 1 aliphatic rings. The van der Waals surface area contributed by atoms with E-state index in [2.05, 4.69) is 29.8 Å². The fourth-order valence-electron chi connectivity index (χ4n) is 3.94. The summed E-state index contributed by atoms with van der Waals surface area (Å²) >= 11 is 3.40. The number of ether oxygens (including phenoxy) is 2. The zero-order chi connectivity index (χ0) is 24.0. The quantitative estimate of drug-likeness (QED) is 0.160. The molecule has 0 atom stereocenters. The molecule has 5 rings (SSSR count). The van der Waals surface area contributed by atoms with Gasteiger partial charge in [0.2, 0.25) is 11.5 Å². The van der Waals surface area contributed by atoms with E-state index in [-0.39, 0.29) is 23.1 Å². The molecule has 4 aromatic rings. The Labute approximate surface area is 205 Å². The first kappa shape index (κ1) is 22.2. The molecular weight excluding hydrogens is 496 g/mol. The average molecular weight is 517 g/mol. The molecule has 0 radical (unpaired) electrons. The van der Waals surface area contributed by atoms with E-state index < -0.39 is 5.97 Å². The third-order valence-corrected chi connectivity index (χ3v) is 6.23. The molecule has 1 aliphatic heterocycles. The average Bonchev–Trinajstić information content (AvgIpc) is 3.35. The summed E-state index contributed by atoms with van der Waals surface area (Å²) in [6.07, 6.45) is 1.73. The highest BCUT2D eigenvalue weighted by Gasteiger charge is 2.30. The van der Waals surface area contributed by atoms with Gasteiger partial charge in [-0.25, -0.2) is 4.79 Å². The Hall–Kier alpha value is -3.64. The number of furan rings is 1. The monoisotopic (exact) mass is 516 g/mol. The zero-order valence-corrected chi connectivity index (χ0v) is 20.4. The lowest BCUT2D eigenvalue weighted by Gasteiger charge is -2.06. The van der Waals surface area contributed by atoms with Crippen LogP contribution in [0.3, 0.4) is 0 Å². The highest BCUT2D eigenvalue weighted by Crippen LogP contribution is 2.38. The smallest absolute Gasteiger partial charge is 0.379 e. The van der Waals surface area contributed by atoms with Gasteiger partial charge in [-0.3, -0.25) is 4.79 Å². The van der Waals surface area contributed by atoms with Gasteiger partial charge in [0, 0.05) is 15.9 Å². The molecule has 3 aromatic carbocycles. The molecule has 0 spiro atoms. The summed E-state index contributed by atoms with van der Waals surface area (Å²) in [5, 5.41) is 0.789. The van der Waals surface area contributed by atoms with Crippen LogP contribution >= 0.6 is 15.9 Å². The minimum atomic E-state index is -0.628. The normalized spacial score (nSPS) is 14.0. The molecule has 34 heavy (non-hydrogen) atoms. The van der Waals surface area contributed by atoms with E-state index in [0.29, 0.717) is 28.4 Å². The lowest BCUT2D eigenvalue weighted by Crippen LogP contribution is -2.07. The maximum Gasteiger partial charge on any atom is 0.379 e. The molecule has 0 aliphatic carbocycles. The second kappa shape index (κ2) is 8.61. The number of allylic oxidation sites excluding steroid dienone is 1. The number of hydrogen-bond donors (Lipinski definition) is 0. The van der Waals surface area contributed by atoms with Gasteiger partial charge in [0.15, 0.2) is 5.76 Å². The van der Waals surface area contributed by atoms with Gasteiger partial charge in [-0.1, -0.05) is 54.0 Å². The van der Waals surface area contributed by atoms with Crippen molar-refractivity contribution in [1.82, 2.24) is 0 Å². The van der Waals surface area contributed by atoms with E-state index in [0.717, 1.165) is 15.4 Å². The van der Waals surface area contributed by atoms with Crippen molar-refractivity contribution >= 4 is 44.7 Å². The van der Waals surface area contributed by atoms with Gasteiger partial charge in [0.25, 0.3) is 0 Å². The molecule has 0 amide bonds. The van der Waals surface area contributed by atoms with E-state index in [1.54, 1.807) is 37.3 Å². The van der Waals surface area contributed by atoms with Crippen molar-refractivity contribution in [1.29, 1.82) is 0 Å². The number of ketones is 1. The minimum absolute atomic E-state index is 0.0914. The van der Waals surface area contributed by atoms with Gasteiger partial charge in [0.1, 0.15) is 17.1 Å². The molecule has 0 fully saturated rings. The summed E-state index contributed by atoms with van der Waals surface area (Å²) in [5.74, 6) is 0.582. The van der Waals surface area contributed by atoms with Crippen molar-refractivity contribution in [3.8, 4) is 11.5 Å². The molecule has 6 heteroatoms. The van der Waals surface area contributed by atoms with Crippen molar-refractivity contribution in [3.63, 3.8) is 0 Å². The van der Waals surface area contributed by atoms with E-state index in [1.165, 1.54) is 5.56 Å². The molecule has 0 saturated heterocycles. The van der Waals surface area contributed by atoms with Gasteiger partial charge < -0.3 is 13.9 Å². The highest BCUT2D eigenvalue weighted by molar-refractivity contribution is 9.10. The SMILES string of the molecule is Cc1cc(OC(=O)c2cc3cc(Br)ccc3o2)cc2c1C(=O)/C(=C/c1ccc(C(C)C)cc1)O2. The Morgan fingerprint density at radius 1 is 1.03 bits per heavy atom. The van der Waals surface area contributed by atoms with Crippen LogP contribution in [0.2, 0.25) is 0 Å². The van der Waals surface area contributed by atoms with Crippen LogP contribution in [-0.2, 0) is 0 Å². The summed E-state index contributed by atoms with van der Waals surface area (Å²) in [6, 6.07) is 18.3. The van der Waals surface area contributed by atoms with E-state index in [1.807, 2.05) is 36.4 Å². The Morgan fingerprint density at radius 3 is 2.53 bits per heavy atom. The Morgan fingerprint density at radius 2 is 1.79 bits per heavy atom. The number of benzene rings is 3. The van der Waals surface area contributed by atoms with Crippen LogP contribution in [0, 0.1) is 6.92 Å². The van der Waals surface area contributed by atoms with Crippen LogP contribution in [0.15, 0.2) is 75.3 Å². The fourth-order valence-corrected chi connectivity index (χ4v) is 4.32. The van der Waals surface area contributed by atoms with Crippen LogP contribution in [-0.4, -0.2) is 11.8 Å². The Bertz CT molecular complexity index is 1470. The summed E-state index contributed by atoms with van der Waals surface area (Å²) in [7, 11) is 0. The van der Waals surface area contributed by atoms with Crippen LogP contribution < -0.4 is 9.47 Å². The van der Waals surface area contributed by atoms with Crippen LogP contribution in [0.25, 0.3) is 17.0 Å². The lowest BCUT2D eigenvalue weighted by atomic mass is 10.0. The lowest BCUT2D eigenvalue weighted by molar-refractivity contribution is 0.0703. The van der Waals surface area contributed by atoms with Crippen LogP contribution in [0.4, 0.5) is 0 Å². The van der Waals surface area contributed by atoms with Gasteiger partial charge in [-0.2, -0.15) is 0 Å². The van der Waals surface area contributed by atoms with Gasteiger partial charge in [-0.05, 0) is 65.9 Å². The molecule has 2 heterocycles. The topological polar surface area (TPSA) is 65.7 Å². The predicted octanol–water partition coefficient (Wildman–Crippen LogP) is 7.46. The number of halogens is 1. The highest BCUT2D eigenvalue weighted by atomic mass is 79.9. The van der Waals surface area contributed by atoms with Crippen LogP contribution in [0.5, 0.6) is 11.5 Å². The van der Waals surface area contributed by atoms with Gasteiger partial charge in [-0.15, -0.1) is 0 Å². The van der Waals surface area contributed by atoms with Crippen molar-refractivity contribution in [2.45, 2.75) is 26.7 Å². The number of aryl methyl sites for hydroxylation is 1. The van der Waals surface area contributed by atoms with Crippen LogP contribution in [0.1, 0.15) is 57.4 Å². The van der Waals surface area contributed by atoms with E-state index >= 15 is 0 Å². The Kier molecular flexibility index (Phi) is 5.62. The third-order valence-electron chi connectivity index (χ3n) is 5.73. The number of esters is 1. The maximum atomic E-state index is 13.0. The van der Waals surface area contributed by atoms with Crippen molar-refractivity contribution < 1.29 is 23.5 Å². The van der Waals surface area contributed by atoms with Crippen molar-refractivity contribution in [2.75, 3.05) is 0 Å². The van der Waals surface area contributed by atoms with E-state index in [9.17, 15) is 9.59 Å². The summed E-state index contributed by atoms with van der Waals surface area (Å²) in [6.45, 7) is 6.05. The maximum absolute atomic E-state index is 13.0. The molecule has 0 N–H and O–H groups in total. The first-order valence-electron chi connectivity index (χ1n) is 10.9. The molecular formula is C28H21BrO5. The molecule has 170 valence electrons. The Balaban J connectivity index is 1.38. The van der Waals surface area contributed by atoms with Crippen molar-refractivity contribution in [2.24, 2.45) is 0 Å². The summed E-state index contributed by atoms with van der Waals surface area (Å²) in [4.78, 5) is 25.6. The molecule has 0 bridgehead atoms. The number of hydrogen-bond acceptors (Lipinski definition) is 5. The van der Waals surface area contributed by atoms with Gasteiger partial charge >= 0.3 is 5.97 Å².